The van der Waals surface area contributed by atoms with Gasteiger partial charge in [-0.05, 0) is 54.1 Å². The number of ether oxygens (including phenoxy) is 1. The number of carbonyl (C=O) groups excluding carboxylic acids is 1. The van der Waals surface area contributed by atoms with E-state index < -0.39 is 5.63 Å². The van der Waals surface area contributed by atoms with Gasteiger partial charge < -0.3 is 14.5 Å². The van der Waals surface area contributed by atoms with Gasteiger partial charge in [0.25, 0.3) is 0 Å². The van der Waals surface area contributed by atoms with E-state index in [9.17, 15) is 9.59 Å². The number of carbonyl (C=O) groups is 1. The summed E-state index contributed by atoms with van der Waals surface area (Å²) in [5.74, 6) is -0.355. The van der Waals surface area contributed by atoms with E-state index in [1.807, 2.05) is 47.8 Å². The molecule has 32 heavy (non-hydrogen) atoms. The zero-order chi connectivity index (χ0) is 22.1. The predicted octanol–water partition coefficient (Wildman–Crippen LogP) is 5.99. The molecule has 0 aliphatic rings. The summed E-state index contributed by atoms with van der Waals surface area (Å²) in [5.41, 5.74) is 2.34. The van der Waals surface area contributed by atoms with Crippen molar-refractivity contribution >= 4 is 49.9 Å². The number of hydrogen-bond acceptors (Lipinski definition) is 7. The summed E-state index contributed by atoms with van der Waals surface area (Å²) in [4.78, 5) is 29.0. The van der Waals surface area contributed by atoms with Crippen LogP contribution in [0.1, 0.15) is 17.3 Å². The fourth-order valence-corrected chi connectivity index (χ4v) is 4.26. The number of hydrogen-bond donors (Lipinski definition) is 1. The number of nitrogens with zero attached hydrogens (tertiary/aromatic N) is 1. The van der Waals surface area contributed by atoms with E-state index in [1.165, 1.54) is 11.3 Å². The highest BCUT2D eigenvalue weighted by Gasteiger charge is 2.14. The van der Waals surface area contributed by atoms with Gasteiger partial charge in [0.2, 0.25) is 0 Å². The Kier molecular flexibility index (Phi) is 5.17. The second kappa shape index (κ2) is 8.28. The van der Waals surface area contributed by atoms with Crippen molar-refractivity contribution in [2.24, 2.45) is 0 Å². The first-order valence-corrected chi connectivity index (χ1v) is 11.0. The van der Waals surface area contributed by atoms with Gasteiger partial charge in [-0.2, -0.15) is 0 Å². The molecule has 0 aliphatic heterocycles. The van der Waals surface area contributed by atoms with Crippen LogP contribution in [-0.2, 0) is 4.74 Å². The molecule has 0 bridgehead atoms. The molecule has 2 aromatic heterocycles. The van der Waals surface area contributed by atoms with Gasteiger partial charge in [0.15, 0.2) is 5.13 Å². The Morgan fingerprint density at radius 1 is 1.06 bits per heavy atom. The Bertz CT molecular complexity index is 1500. The largest absolute Gasteiger partial charge is 0.462 e. The average molecular weight is 442 g/mol. The summed E-state index contributed by atoms with van der Waals surface area (Å²) >= 11 is 1.38. The predicted molar refractivity (Wildman–Crippen MR) is 127 cm³/mol. The van der Waals surface area contributed by atoms with Gasteiger partial charge in [-0.3, -0.25) is 0 Å². The monoisotopic (exact) mass is 442 g/mol. The Balaban J connectivity index is 1.45. The number of thiazole rings is 1. The van der Waals surface area contributed by atoms with Crippen LogP contribution in [0.3, 0.4) is 0 Å². The van der Waals surface area contributed by atoms with Crippen molar-refractivity contribution < 1.29 is 13.9 Å². The van der Waals surface area contributed by atoms with E-state index in [-0.39, 0.29) is 5.97 Å². The zero-order valence-electron chi connectivity index (χ0n) is 17.1. The third kappa shape index (κ3) is 3.74. The molecule has 0 spiro atoms. The minimum absolute atomic E-state index is 0.333. The van der Waals surface area contributed by atoms with Crippen LogP contribution in [0, 0.1) is 0 Å². The third-order valence-electron chi connectivity index (χ3n) is 5.07. The van der Waals surface area contributed by atoms with Crippen LogP contribution >= 0.6 is 11.3 Å². The molecule has 0 unspecified atom stereocenters. The van der Waals surface area contributed by atoms with Crippen molar-refractivity contribution in [3.05, 3.63) is 88.1 Å². The van der Waals surface area contributed by atoms with Crippen molar-refractivity contribution in [3.63, 3.8) is 0 Å². The van der Waals surface area contributed by atoms with Crippen molar-refractivity contribution in [3.8, 4) is 11.3 Å². The van der Waals surface area contributed by atoms with Gasteiger partial charge >= 0.3 is 11.6 Å². The fourth-order valence-electron chi connectivity index (χ4n) is 3.53. The lowest BCUT2D eigenvalue weighted by molar-refractivity contribution is 0.0526. The molecule has 2 heterocycles. The molecular weight excluding hydrogens is 424 g/mol. The summed E-state index contributed by atoms with van der Waals surface area (Å²) in [5, 5.41) is 8.61. The summed E-state index contributed by atoms with van der Waals surface area (Å²) < 4.78 is 10.6. The lowest BCUT2D eigenvalue weighted by Crippen LogP contribution is -2.04. The van der Waals surface area contributed by atoms with Crippen LogP contribution in [0.2, 0.25) is 0 Å². The molecule has 6 nitrogen and oxygen atoms in total. The topological polar surface area (TPSA) is 81.4 Å². The van der Waals surface area contributed by atoms with Crippen LogP contribution in [-0.4, -0.2) is 17.6 Å². The maximum absolute atomic E-state index is 12.6. The smallest absolute Gasteiger partial charge is 0.345 e. The van der Waals surface area contributed by atoms with Gasteiger partial charge in [0, 0.05) is 16.5 Å². The highest BCUT2D eigenvalue weighted by atomic mass is 32.1. The summed E-state index contributed by atoms with van der Waals surface area (Å²) in [6, 6.07) is 20.5. The molecule has 0 atom stereocenters. The number of rotatable bonds is 5. The zero-order valence-corrected chi connectivity index (χ0v) is 17.9. The van der Waals surface area contributed by atoms with Crippen LogP contribution in [0.15, 0.2) is 81.3 Å². The molecule has 5 rings (SSSR count). The first kappa shape index (κ1) is 20.0. The molecule has 5 aromatic rings. The van der Waals surface area contributed by atoms with Crippen LogP contribution in [0.5, 0.6) is 0 Å². The quantitative estimate of drug-likeness (QED) is 0.205. The van der Waals surface area contributed by atoms with Gasteiger partial charge in [-0.15, -0.1) is 11.3 Å². The van der Waals surface area contributed by atoms with E-state index in [0.29, 0.717) is 34.1 Å². The highest BCUT2D eigenvalue weighted by molar-refractivity contribution is 7.14. The Morgan fingerprint density at radius 3 is 2.69 bits per heavy atom. The molecule has 3 aromatic carbocycles. The summed E-state index contributed by atoms with van der Waals surface area (Å²) in [6.45, 7) is 2.10. The Hall–Kier alpha value is -3.97. The molecule has 0 radical (unpaired) electrons. The Labute approximate surface area is 187 Å². The number of aromatic nitrogens is 1. The molecule has 0 saturated carbocycles. The van der Waals surface area contributed by atoms with E-state index >= 15 is 0 Å². The third-order valence-corrected chi connectivity index (χ3v) is 5.83. The average Bonchev–Trinajstić information content (AvgIpc) is 3.27. The molecule has 1 N–H and O–H groups in total. The summed E-state index contributed by atoms with van der Waals surface area (Å²) in [7, 11) is 0. The van der Waals surface area contributed by atoms with Crippen LogP contribution < -0.4 is 10.9 Å². The maximum Gasteiger partial charge on any atom is 0.345 e. The summed E-state index contributed by atoms with van der Waals surface area (Å²) in [6.07, 6.45) is 0. The van der Waals surface area contributed by atoms with E-state index in [2.05, 4.69) is 10.3 Å². The van der Waals surface area contributed by atoms with Gasteiger partial charge in [0.05, 0.1) is 23.4 Å². The first-order chi connectivity index (χ1) is 15.6. The van der Waals surface area contributed by atoms with Crippen LogP contribution in [0.4, 0.5) is 10.8 Å². The fraction of sp³-hybridized carbons (Fsp3) is 0.0800. The normalized spacial score (nSPS) is 11.0. The number of nitrogens with one attached hydrogen (secondary N) is 1. The number of benzene rings is 3. The van der Waals surface area contributed by atoms with Crippen molar-refractivity contribution in [1.29, 1.82) is 0 Å². The lowest BCUT2D eigenvalue weighted by atomic mass is 10.0. The minimum atomic E-state index is -0.427. The number of fused-ring (bicyclic) bond motifs is 3. The van der Waals surface area contributed by atoms with Gasteiger partial charge in [0.1, 0.15) is 5.58 Å². The minimum Gasteiger partial charge on any atom is -0.462 e. The molecule has 0 saturated heterocycles. The van der Waals surface area contributed by atoms with E-state index in [1.54, 1.807) is 31.2 Å². The standard InChI is InChI=1S/C25H18N2O4S/c1-2-30-23(28)16-7-10-17(11-8-16)26-25-27-21(14-32-25)20-13-19-18-6-4-3-5-15(18)9-12-22(19)31-24(20)29/h3-14H,2H2,1H3,(H,26,27). The first-order valence-electron chi connectivity index (χ1n) is 10.1. The van der Waals surface area contributed by atoms with Crippen LogP contribution in [0.25, 0.3) is 33.0 Å². The van der Waals surface area contributed by atoms with Gasteiger partial charge in [-0.1, -0.05) is 30.3 Å². The molecule has 7 heteroatoms. The van der Waals surface area contributed by atoms with Crippen molar-refractivity contribution in [1.82, 2.24) is 4.98 Å². The van der Waals surface area contributed by atoms with Gasteiger partial charge in [-0.25, -0.2) is 14.6 Å². The Morgan fingerprint density at radius 2 is 1.88 bits per heavy atom. The number of anilines is 2. The van der Waals surface area contributed by atoms with Crippen molar-refractivity contribution in [2.45, 2.75) is 6.92 Å². The highest BCUT2D eigenvalue weighted by Crippen LogP contribution is 2.30. The van der Waals surface area contributed by atoms with E-state index in [4.69, 9.17) is 9.15 Å². The molecule has 158 valence electrons. The second-order valence-electron chi connectivity index (χ2n) is 7.11. The van der Waals surface area contributed by atoms with Crippen molar-refractivity contribution in [2.75, 3.05) is 11.9 Å². The molecular formula is C25H18N2O4S. The maximum atomic E-state index is 12.6. The molecule has 0 amide bonds. The second-order valence-corrected chi connectivity index (χ2v) is 7.96. The van der Waals surface area contributed by atoms with E-state index in [0.717, 1.165) is 21.8 Å². The molecule has 0 fully saturated rings. The molecule has 0 aliphatic carbocycles. The lowest BCUT2D eigenvalue weighted by Gasteiger charge is -2.05. The number of esters is 1. The SMILES string of the molecule is CCOC(=O)c1ccc(Nc2nc(-c3cc4c(ccc5ccccc54)oc3=O)cs2)cc1.